The van der Waals surface area contributed by atoms with E-state index in [1.165, 1.54) is 0 Å². The SMILES string of the molecule is NC(CCc1ccccc1)C(=O)[O-]. The Morgan fingerprint density at radius 1 is 1.38 bits per heavy atom. The number of carboxylic acids is 1. The Morgan fingerprint density at radius 3 is 2.54 bits per heavy atom. The second-order valence-corrected chi connectivity index (χ2v) is 2.95. The Labute approximate surface area is 77.2 Å². The highest BCUT2D eigenvalue weighted by Crippen LogP contribution is 2.03. The van der Waals surface area contributed by atoms with E-state index >= 15 is 0 Å². The van der Waals surface area contributed by atoms with Gasteiger partial charge in [0.2, 0.25) is 0 Å². The maximum atomic E-state index is 10.3. The molecule has 0 fully saturated rings. The number of aryl methyl sites for hydroxylation is 1. The summed E-state index contributed by atoms with van der Waals surface area (Å²) in [5, 5.41) is 10.3. The Balaban J connectivity index is 2.39. The first kappa shape index (κ1) is 9.74. The standard InChI is InChI=1S/C10H13NO2/c11-9(10(12)13)7-6-8-4-2-1-3-5-8/h1-5,9H,6-7,11H2,(H,12,13)/p-1. The third-order valence-corrected chi connectivity index (χ3v) is 1.89. The molecule has 0 aliphatic carbocycles. The van der Waals surface area contributed by atoms with E-state index in [9.17, 15) is 9.90 Å². The second kappa shape index (κ2) is 4.62. The van der Waals surface area contributed by atoms with Gasteiger partial charge in [0.05, 0.1) is 5.97 Å². The smallest absolute Gasteiger partial charge is 0.0582 e. The van der Waals surface area contributed by atoms with E-state index in [4.69, 9.17) is 5.73 Å². The lowest BCUT2D eigenvalue weighted by molar-refractivity contribution is -0.307. The maximum absolute atomic E-state index is 10.3. The highest BCUT2D eigenvalue weighted by atomic mass is 16.4. The lowest BCUT2D eigenvalue weighted by Crippen LogP contribution is -2.42. The van der Waals surface area contributed by atoms with Crippen LogP contribution in [0.15, 0.2) is 30.3 Å². The molecule has 0 aromatic heterocycles. The van der Waals surface area contributed by atoms with Crippen molar-refractivity contribution in [2.45, 2.75) is 18.9 Å². The summed E-state index contributed by atoms with van der Waals surface area (Å²) < 4.78 is 0. The normalized spacial score (nSPS) is 12.4. The zero-order valence-electron chi connectivity index (χ0n) is 7.27. The van der Waals surface area contributed by atoms with Crippen LogP contribution in [0.3, 0.4) is 0 Å². The van der Waals surface area contributed by atoms with Gasteiger partial charge in [0.1, 0.15) is 0 Å². The summed E-state index contributed by atoms with van der Waals surface area (Å²) in [5.74, 6) is -1.18. The Morgan fingerprint density at radius 2 is 2.00 bits per heavy atom. The number of carbonyl (C=O) groups excluding carboxylic acids is 1. The number of nitrogens with two attached hydrogens (primary N) is 1. The minimum Gasteiger partial charge on any atom is -0.548 e. The molecule has 0 saturated carbocycles. The zero-order chi connectivity index (χ0) is 9.68. The molecule has 1 aromatic carbocycles. The Kier molecular flexibility index (Phi) is 3.46. The average Bonchev–Trinajstić information content (AvgIpc) is 2.15. The minimum atomic E-state index is -1.18. The van der Waals surface area contributed by atoms with Crippen molar-refractivity contribution in [3.8, 4) is 0 Å². The van der Waals surface area contributed by atoms with Crippen molar-refractivity contribution in [1.82, 2.24) is 0 Å². The number of benzene rings is 1. The van der Waals surface area contributed by atoms with E-state index < -0.39 is 12.0 Å². The Bertz CT molecular complexity index is 272. The summed E-state index contributed by atoms with van der Waals surface area (Å²) in [5.41, 5.74) is 6.40. The summed E-state index contributed by atoms with van der Waals surface area (Å²) in [4.78, 5) is 10.3. The van der Waals surface area contributed by atoms with Crippen molar-refractivity contribution in [3.05, 3.63) is 35.9 Å². The van der Waals surface area contributed by atoms with Gasteiger partial charge in [0.25, 0.3) is 0 Å². The van der Waals surface area contributed by atoms with Crippen LogP contribution in [-0.4, -0.2) is 12.0 Å². The second-order valence-electron chi connectivity index (χ2n) is 2.95. The van der Waals surface area contributed by atoms with Crippen LogP contribution in [0.5, 0.6) is 0 Å². The van der Waals surface area contributed by atoms with Gasteiger partial charge in [0.15, 0.2) is 0 Å². The molecule has 1 atom stereocenters. The zero-order valence-corrected chi connectivity index (χ0v) is 7.27. The van der Waals surface area contributed by atoms with Gasteiger partial charge < -0.3 is 15.6 Å². The van der Waals surface area contributed by atoms with Crippen molar-refractivity contribution in [2.24, 2.45) is 5.73 Å². The summed E-state index contributed by atoms with van der Waals surface area (Å²) in [7, 11) is 0. The van der Waals surface area contributed by atoms with Crippen LogP contribution in [0.25, 0.3) is 0 Å². The third kappa shape index (κ3) is 3.25. The van der Waals surface area contributed by atoms with Crippen LogP contribution < -0.4 is 10.8 Å². The molecule has 0 saturated heterocycles. The molecule has 0 bridgehead atoms. The van der Waals surface area contributed by atoms with Gasteiger partial charge in [-0.3, -0.25) is 0 Å². The molecule has 13 heavy (non-hydrogen) atoms. The highest BCUT2D eigenvalue weighted by Gasteiger charge is 2.02. The summed E-state index contributed by atoms with van der Waals surface area (Å²) in [6.07, 6.45) is 1.10. The summed E-state index contributed by atoms with van der Waals surface area (Å²) in [6.45, 7) is 0. The molecule has 0 aliphatic heterocycles. The van der Waals surface area contributed by atoms with Crippen molar-refractivity contribution < 1.29 is 9.90 Å². The monoisotopic (exact) mass is 178 g/mol. The number of carbonyl (C=O) groups is 1. The fourth-order valence-electron chi connectivity index (χ4n) is 1.08. The molecule has 0 amide bonds. The van der Waals surface area contributed by atoms with E-state index in [0.717, 1.165) is 5.56 Å². The largest absolute Gasteiger partial charge is 0.548 e. The van der Waals surface area contributed by atoms with Gasteiger partial charge in [-0.05, 0) is 18.4 Å². The van der Waals surface area contributed by atoms with E-state index in [2.05, 4.69) is 0 Å². The van der Waals surface area contributed by atoms with Gasteiger partial charge in [0, 0.05) is 6.04 Å². The number of hydrogen-bond acceptors (Lipinski definition) is 3. The first-order valence-electron chi connectivity index (χ1n) is 4.20. The average molecular weight is 178 g/mol. The van der Waals surface area contributed by atoms with Crippen LogP contribution in [0, 0.1) is 0 Å². The quantitative estimate of drug-likeness (QED) is 0.688. The molecule has 1 unspecified atom stereocenters. The molecular formula is C10H12NO2-. The van der Waals surface area contributed by atoms with Gasteiger partial charge in [-0.2, -0.15) is 0 Å². The van der Waals surface area contributed by atoms with E-state index in [1.54, 1.807) is 0 Å². The molecule has 0 spiro atoms. The van der Waals surface area contributed by atoms with Gasteiger partial charge in [-0.1, -0.05) is 30.3 Å². The van der Waals surface area contributed by atoms with Crippen LogP contribution in [0.4, 0.5) is 0 Å². The van der Waals surface area contributed by atoms with Gasteiger partial charge in [-0.25, -0.2) is 0 Å². The molecule has 0 aliphatic rings. The number of hydrogen-bond donors (Lipinski definition) is 1. The van der Waals surface area contributed by atoms with Crippen LogP contribution >= 0.6 is 0 Å². The van der Waals surface area contributed by atoms with Crippen LogP contribution in [0.1, 0.15) is 12.0 Å². The van der Waals surface area contributed by atoms with E-state index in [1.807, 2.05) is 30.3 Å². The molecule has 3 nitrogen and oxygen atoms in total. The summed E-state index contributed by atoms with van der Waals surface area (Å²) in [6, 6.07) is 8.78. The van der Waals surface area contributed by atoms with Crippen molar-refractivity contribution >= 4 is 5.97 Å². The first-order valence-corrected chi connectivity index (χ1v) is 4.20. The molecule has 1 aromatic rings. The van der Waals surface area contributed by atoms with Gasteiger partial charge in [-0.15, -0.1) is 0 Å². The Hall–Kier alpha value is -1.35. The molecule has 0 radical (unpaired) electrons. The number of carboxylic acid groups (broad SMARTS) is 1. The predicted molar refractivity (Wildman–Crippen MR) is 47.7 cm³/mol. The molecule has 0 heterocycles. The number of rotatable bonds is 4. The number of aliphatic carboxylic acids is 1. The van der Waals surface area contributed by atoms with E-state index in [-0.39, 0.29) is 0 Å². The van der Waals surface area contributed by atoms with Crippen molar-refractivity contribution in [2.75, 3.05) is 0 Å². The third-order valence-electron chi connectivity index (χ3n) is 1.89. The fourth-order valence-corrected chi connectivity index (χ4v) is 1.08. The lowest BCUT2D eigenvalue weighted by Gasteiger charge is -2.11. The van der Waals surface area contributed by atoms with Crippen molar-refractivity contribution in [3.63, 3.8) is 0 Å². The predicted octanol–water partition coefficient (Wildman–Crippen LogP) is -0.304. The van der Waals surface area contributed by atoms with E-state index in [0.29, 0.717) is 12.8 Å². The molecule has 1 rings (SSSR count). The van der Waals surface area contributed by atoms with Crippen molar-refractivity contribution in [1.29, 1.82) is 0 Å². The topological polar surface area (TPSA) is 66.2 Å². The summed E-state index contributed by atoms with van der Waals surface area (Å²) >= 11 is 0. The van der Waals surface area contributed by atoms with Crippen LogP contribution in [0.2, 0.25) is 0 Å². The fraction of sp³-hybridized carbons (Fsp3) is 0.300. The molecular weight excluding hydrogens is 166 g/mol. The maximum Gasteiger partial charge on any atom is 0.0582 e. The molecule has 70 valence electrons. The lowest BCUT2D eigenvalue weighted by atomic mass is 10.1. The first-order chi connectivity index (χ1) is 6.20. The highest BCUT2D eigenvalue weighted by molar-refractivity contribution is 5.70. The van der Waals surface area contributed by atoms with Crippen LogP contribution in [-0.2, 0) is 11.2 Å². The minimum absolute atomic E-state index is 0.423. The van der Waals surface area contributed by atoms with Gasteiger partial charge >= 0.3 is 0 Å². The molecule has 2 N–H and O–H groups in total. The molecule has 3 heteroatoms.